The molecule has 0 radical (unpaired) electrons. The third-order valence-corrected chi connectivity index (χ3v) is 1.51. The van der Waals surface area contributed by atoms with E-state index in [0.717, 1.165) is 5.56 Å². The molecule has 0 heterocycles. The van der Waals surface area contributed by atoms with Crippen molar-refractivity contribution >= 4 is 12.9 Å². The van der Waals surface area contributed by atoms with Gasteiger partial charge in [0.1, 0.15) is 6.67 Å². The van der Waals surface area contributed by atoms with Crippen molar-refractivity contribution in [2.45, 2.75) is 13.3 Å². The molecule has 0 aliphatic rings. The molecule has 0 saturated carbocycles. The van der Waals surface area contributed by atoms with Gasteiger partial charge in [-0.1, -0.05) is 24.3 Å². The zero-order chi connectivity index (χ0) is 8.10. The molecule has 0 fully saturated rings. The van der Waals surface area contributed by atoms with Gasteiger partial charge in [0.2, 0.25) is 0 Å². The lowest BCUT2D eigenvalue weighted by atomic mass is 10.1. The number of rotatable bonds is 3. The van der Waals surface area contributed by atoms with Crippen molar-refractivity contribution in [2.24, 2.45) is 0 Å². The van der Waals surface area contributed by atoms with Crippen molar-refractivity contribution in [3.8, 4) is 0 Å². The minimum absolute atomic E-state index is 0.414. The van der Waals surface area contributed by atoms with Crippen LogP contribution in [0.15, 0.2) is 24.3 Å². The summed E-state index contributed by atoms with van der Waals surface area (Å²) in [7, 11) is 0. The lowest BCUT2D eigenvalue weighted by molar-refractivity contribution is 0.371. The topological polar surface area (TPSA) is 9.23 Å². The molecule has 0 N–H and O–H groups in total. The van der Waals surface area contributed by atoms with E-state index in [9.17, 15) is 4.39 Å². The summed E-state index contributed by atoms with van der Waals surface area (Å²) in [5, 5.41) is 0. The van der Waals surface area contributed by atoms with Gasteiger partial charge in [-0.25, -0.2) is 4.39 Å². The Bertz CT molecular complexity index is 227. The molecule has 0 aliphatic carbocycles. The van der Waals surface area contributed by atoms with E-state index in [-0.39, 0.29) is 0 Å². The first-order chi connectivity index (χ1) is 5.36. The fraction of sp³-hybridized carbons (Fsp3) is 0.250. The number of hydrogen-bond donors (Lipinski definition) is 1. The second kappa shape index (κ2) is 4.36. The first-order valence-corrected chi connectivity index (χ1v) is 3.63. The molecular weight excluding hydrogens is 163 g/mol. The summed E-state index contributed by atoms with van der Waals surface area (Å²) in [6.07, 6.45) is 0. The molecule has 1 aromatic rings. The molecule has 0 aromatic heterocycles. The zero-order valence-corrected chi connectivity index (χ0v) is 6.85. The Morgan fingerprint density at radius 1 is 1.36 bits per heavy atom. The molecule has 0 bridgehead atoms. The van der Waals surface area contributed by atoms with Crippen LogP contribution in [-0.2, 0) is 17.5 Å². The lowest BCUT2D eigenvalue weighted by Gasteiger charge is -1.99. The average Bonchev–Trinajstić information content (AvgIpc) is 2.06. The highest BCUT2D eigenvalue weighted by Gasteiger charge is 1.93. The molecule has 11 heavy (non-hydrogen) atoms. The minimum Gasteiger partial charge on any atom is -0.314 e. The van der Waals surface area contributed by atoms with E-state index < -0.39 is 6.67 Å². The molecular formula is C8H9FOS. The van der Waals surface area contributed by atoms with E-state index in [1.165, 1.54) is 0 Å². The van der Waals surface area contributed by atoms with E-state index in [0.29, 0.717) is 12.2 Å². The molecule has 1 nitrogen and oxygen atoms in total. The summed E-state index contributed by atoms with van der Waals surface area (Å²) in [5.41, 5.74) is 1.61. The summed E-state index contributed by atoms with van der Waals surface area (Å²) in [5.74, 6) is 0. The van der Waals surface area contributed by atoms with Crippen LogP contribution >= 0.6 is 12.9 Å². The second-order valence-corrected chi connectivity index (χ2v) is 2.49. The molecule has 0 saturated heterocycles. The molecule has 1 rings (SSSR count). The Kier molecular flexibility index (Phi) is 3.39. The van der Waals surface area contributed by atoms with Gasteiger partial charge >= 0.3 is 0 Å². The fourth-order valence-electron chi connectivity index (χ4n) is 0.877. The van der Waals surface area contributed by atoms with Crippen LogP contribution in [0.3, 0.4) is 0 Å². The Hall–Kier alpha value is -0.540. The number of hydrogen-bond acceptors (Lipinski definition) is 2. The first kappa shape index (κ1) is 8.56. The molecule has 0 unspecified atom stereocenters. The molecule has 1 aromatic carbocycles. The van der Waals surface area contributed by atoms with Gasteiger partial charge in [0.05, 0.1) is 6.61 Å². The van der Waals surface area contributed by atoms with Gasteiger partial charge in [-0.2, -0.15) is 0 Å². The SMILES string of the molecule is FCc1cccc(COS)c1. The number of alkyl halides is 1. The van der Waals surface area contributed by atoms with E-state index in [2.05, 4.69) is 17.1 Å². The standard InChI is InChI=1S/C8H9FOS/c9-5-7-2-1-3-8(4-7)6-10-11/h1-4,11H,5-6H2. The molecule has 0 spiro atoms. The van der Waals surface area contributed by atoms with Crippen LogP contribution in [0, 0.1) is 0 Å². The third kappa shape index (κ3) is 2.52. The Morgan fingerprint density at radius 3 is 2.73 bits per heavy atom. The highest BCUT2D eigenvalue weighted by atomic mass is 32.1. The van der Waals surface area contributed by atoms with Gasteiger partial charge in [-0.15, -0.1) is 0 Å². The van der Waals surface area contributed by atoms with E-state index >= 15 is 0 Å². The second-order valence-electron chi connectivity index (χ2n) is 2.23. The molecule has 3 heteroatoms. The summed E-state index contributed by atoms with van der Waals surface area (Å²) in [6.45, 7) is -0.0165. The zero-order valence-electron chi connectivity index (χ0n) is 5.96. The van der Waals surface area contributed by atoms with Gasteiger partial charge in [-0.3, -0.25) is 0 Å². The van der Waals surface area contributed by atoms with Crippen molar-refractivity contribution in [1.29, 1.82) is 0 Å². The monoisotopic (exact) mass is 172 g/mol. The van der Waals surface area contributed by atoms with Crippen molar-refractivity contribution in [3.63, 3.8) is 0 Å². The Morgan fingerprint density at radius 2 is 2.09 bits per heavy atom. The van der Waals surface area contributed by atoms with Crippen LogP contribution in [0.5, 0.6) is 0 Å². The number of halogens is 1. The van der Waals surface area contributed by atoms with Gasteiger partial charge < -0.3 is 4.18 Å². The largest absolute Gasteiger partial charge is 0.314 e. The van der Waals surface area contributed by atoms with Crippen LogP contribution in [0.1, 0.15) is 11.1 Å². The predicted molar refractivity (Wildman–Crippen MR) is 45.0 cm³/mol. The van der Waals surface area contributed by atoms with Crippen molar-refractivity contribution in [1.82, 2.24) is 0 Å². The predicted octanol–water partition coefficient (Wildman–Crippen LogP) is 2.52. The maximum absolute atomic E-state index is 12.1. The van der Waals surface area contributed by atoms with Crippen LogP contribution in [0.4, 0.5) is 4.39 Å². The average molecular weight is 172 g/mol. The number of benzene rings is 1. The number of thiol groups is 1. The maximum Gasteiger partial charge on any atom is 0.115 e. The Labute approximate surface area is 70.8 Å². The van der Waals surface area contributed by atoms with E-state index in [4.69, 9.17) is 0 Å². The lowest BCUT2D eigenvalue weighted by Crippen LogP contribution is -1.86. The summed E-state index contributed by atoms with van der Waals surface area (Å²) >= 11 is 3.60. The summed E-state index contributed by atoms with van der Waals surface area (Å²) in [6, 6.07) is 7.17. The van der Waals surface area contributed by atoms with Crippen molar-refractivity contribution < 1.29 is 8.57 Å². The quantitative estimate of drug-likeness (QED) is 0.544. The normalized spacial score (nSPS) is 10.0. The Balaban J connectivity index is 2.74. The molecule has 0 amide bonds. The van der Waals surface area contributed by atoms with Crippen molar-refractivity contribution in [3.05, 3.63) is 35.4 Å². The fourth-order valence-corrected chi connectivity index (χ4v) is 1.03. The van der Waals surface area contributed by atoms with Crippen LogP contribution in [-0.4, -0.2) is 0 Å². The van der Waals surface area contributed by atoms with E-state index in [1.807, 2.05) is 6.07 Å². The molecule has 0 atom stereocenters. The van der Waals surface area contributed by atoms with Gasteiger partial charge in [0, 0.05) is 0 Å². The van der Waals surface area contributed by atoms with Gasteiger partial charge in [-0.05, 0) is 24.0 Å². The van der Waals surface area contributed by atoms with Gasteiger partial charge in [0.15, 0.2) is 0 Å². The van der Waals surface area contributed by atoms with Crippen molar-refractivity contribution in [2.75, 3.05) is 0 Å². The highest BCUT2D eigenvalue weighted by molar-refractivity contribution is 7.75. The first-order valence-electron chi connectivity index (χ1n) is 3.27. The van der Waals surface area contributed by atoms with E-state index in [1.54, 1.807) is 18.2 Å². The summed E-state index contributed by atoms with van der Waals surface area (Å²) in [4.78, 5) is 0. The summed E-state index contributed by atoms with van der Waals surface area (Å²) < 4.78 is 16.7. The molecule has 0 aliphatic heterocycles. The van der Waals surface area contributed by atoms with Crippen LogP contribution < -0.4 is 0 Å². The third-order valence-electron chi connectivity index (χ3n) is 1.38. The highest BCUT2D eigenvalue weighted by Crippen LogP contribution is 2.07. The maximum atomic E-state index is 12.1. The molecule has 60 valence electrons. The van der Waals surface area contributed by atoms with Gasteiger partial charge in [0.25, 0.3) is 0 Å². The van der Waals surface area contributed by atoms with Crippen LogP contribution in [0.2, 0.25) is 0 Å². The smallest absolute Gasteiger partial charge is 0.115 e. The minimum atomic E-state index is -0.430. The van der Waals surface area contributed by atoms with Crippen LogP contribution in [0.25, 0.3) is 0 Å².